The van der Waals surface area contributed by atoms with Crippen LogP contribution >= 0.6 is 11.3 Å². The molecule has 1 amide bonds. The number of sulfone groups is 1. The molecule has 1 aliphatic heterocycles. The number of likely N-dealkylation sites (tertiary alicyclic amines) is 1. The summed E-state index contributed by atoms with van der Waals surface area (Å²) >= 11 is 0.850. The third-order valence-corrected chi connectivity index (χ3v) is 9.38. The molecule has 1 aromatic heterocycles. The van der Waals surface area contributed by atoms with Gasteiger partial charge < -0.3 is 9.64 Å². The number of Topliss-reactive ketones (excluding diaryl/α,β-unsaturated/α-hetero) is 1. The molecule has 2 fully saturated rings. The van der Waals surface area contributed by atoms with Crippen LogP contribution in [0.15, 0.2) is 35.4 Å². The molecule has 0 N–H and O–H groups in total. The van der Waals surface area contributed by atoms with Crippen LogP contribution < -0.4 is 0 Å². The van der Waals surface area contributed by atoms with Gasteiger partial charge in [0.2, 0.25) is 0 Å². The van der Waals surface area contributed by atoms with Gasteiger partial charge in [0, 0.05) is 19.0 Å². The smallest absolute Gasteiger partial charge is 0.410 e. The maximum atomic E-state index is 13.4. The molecule has 35 heavy (non-hydrogen) atoms. The number of ketones is 1. The minimum absolute atomic E-state index is 0.00385. The van der Waals surface area contributed by atoms with E-state index in [4.69, 9.17) is 4.74 Å². The van der Waals surface area contributed by atoms with E-state index in [1.165, 1.54) is 0 Å². The number of hydrogen-bond donors (Lipinski definition) is 0. The molecule has 2 heterocycles. The predicted octanol–water partition coefficient (Wildman–Crippen LogP) is 4.76. The number of carbonyl (C=O) groups excluding carboxylic acids is 2. The number of amides is 1. The zero-order valence-electron chi connectivity index (χ0n) is 20.2. The summed E-state index contributed by atoms with van der Waals surface area (Å²) in [5.74, 6) is -0.532. The minimum atomic E-state index is -3.32. The third kappa shape index (κ3) is 6.46. The van der Waals surface area contributed by atoms with Crippen LogP contribution in [0.2, 0.25) is 0 Å². The number of thiazole rings is 1. The summed E-state index contributed by atoms with van der Waals surface area (Å²) in [4.78, 5) is 31.7. The summed E-state index contributed by atoms with van der Waals surface area (Å²) < 4.78 is 44.1. The largest absolute Gasteiger partial charge is 0.444 e. The first-order chi connectivity index (χ1) is 16.4. The van der Waals surface area contributed by atoms with E-state index in [2.05, 4.69) is 4.98 Å². The topological polar surface area (TPSA) is 93.6 Å². The van der Waals surface area contributed by atoms with Gasteiger partial charge in [0.25, 0.3) is 0 Å². The summed E-state index contributed by atoms with van der Waals surface area (Å²) in [6, 6.07) is 6.57. The van der Waals surface area contributed by atoms with Gasteiger partial charge in [-0.1, -0.05) is 23.5 Å². The number of nitrogens with zero attached hydrogens (tertiary/aromatic N) is 2. The maximum absolute atomic E-state index is 13.4. The Bertz CT molecular complexity index is 1180. The van der Waals surface area contributed by atoms with Crippen molar-refractivity contribution >= 4 is 33.1 Å². The lowest BCUT2D eigenvalue weighted by molar-refractivity contribution is -0.120. The van der Waals surface area contributed by atoms with Gasteiger partial charge in [-0.25, -0.2) is 18.2 Å². The monoisotopic (exact) mass is 522 g/mol. The van der Waals surface area contributed by atoms with Crippen LogP contribution in [0.3, 0.4) is 0 Å². The molecule has 2 aliphatic rings. The standard InChI is InChI=1S/C25H31FN2O5S2/c1-25(2,3)33-24(30)28-11-10-16(15-28)12-20(21(29)13-23-27-14-22(26)34-23)17-4-6-18(7-5-17)35(31,32)19-8-9-19/h4-7,14,16,19-20H,8-13,15H2,1-3H3/t16-,20-/m1/s1. The molecule has 1 aromatic carbocycles. The number of carbonyl (C=O) groups is 2. The van der Waals surface area contributed by atoms with E-state index < -0.39 is 26.5 Å². The second-order valence-electron chi connectivity index (χ2n) is 10.4. The fourth-order valence-corrected chi connectivity index (χ4v) is 6.71. The SMILES string of the molecule is CC(C)(C)OC(=O)N1CC[C@H](C[C@@H](C(=O)Cc2ncc(F)s2)c2ccc(S(=O)(=O)C3CC3)cc2)C1. The van der Waals surface area contributed by atoms with Crippen molar-refractivity contribution in [3.05, 3.63) is 46.2 Å². The van der Waals surface area contributed by atoms with Crippen molar-refractivity contribution < 1.29 is 27.1 Å². The van der Waals surface area contributed by atoms with Crippen molar-refractivity contribution in [3.63, 3.8) is 0 Å². The highest BCUT2D eigenvalue weighted by Crippen LogP contribution is 2.36. The zero-order valence-corrected chi connectivity index (χ0v) is 21.8. The van der Waals surface area contributed by atoms with E-state index >= 15 is 0 Å². The van der Waals surface area contributed by atoms with Gasteiger partial charge in [0.15, 0.2) is 15.0 Å². The summed E-state index contributed by atoms with van der Waals surface area (Å²) in [7, 11) is -3.32. The normalized spacial score (nSPS) is 19.5. The predicted molar refractivity (Wildman–Crippen MR) is 131 cm³/mol. The number of aromatic nitrogens is 1. The van der Waals surface area contributed by atoms with Crippen LogP contribution in [0.1, 0.15) is 62.9 Å². The van der Waals surface area contributed by atoms with Gasteiger partial charge >= 0.3 is 6.09 Å². The lowest BCUT2D eigenvalue weighted by Crippen LogP contribution is -2.35. The molecule has 1 saturated heterocycles. The second-order valence-corrected chi connectivity index (χ2v) is 13.7. The van der Waals surface area contributed by atoms with Crippen molar-refractivity contribution in [1.82, 2.24) is 9.88 Å². The molecule has 0 bridgehead atoms. The van der Waals surface area contributed by atoms with E-state index in [-0.39, 0.29) is 34.4 Å². The Balaban J connectivity index is 1.51. The fourth-order valence-electron chi connectivity index (χ4n) is 4.41. The van der Waals surface area contributed by atoms with Crippen LogP contribution in [0, 0.1) is 11.0 Å². The number of benzene rings is 1. The van der Waals surface area contributed by atoms with Gasteiger partial charge in [-0.2, -0.15) is 4.39 Å². The van der Waals surface area contributed by atoms with E-state index in [0.717, 1.165) is 29.5 Å². The fraction of sp³-hybridized carbons (Fsp3) is 0.560. The molecule has 190 valence electrons. The molecular formula is C25H31FN2O5S2. The van der Waals surface area contributed by atoms with Crippen LogP contribution in [0.5, 0.6) is 0 Å². The minimum Gasteiger partial charge on any atom is -0.444 e. The van der Waals surface area contributed by atoms with Crippen LogP contribution in [-0.2, 0) is 25.8 Å². The van der Waals surface area contributed by atoms with Gasteiger partial charge in [-0.3, -0.25) is 4.79 Å². The molecule has 2 atom stereocenters. The molecule has 1 aliphatic carbocycles. The zero-order chi connectivity index (χ0) is 25.4. The van der Waals surface area contributed by atoms with E-state index in [1.54, 1.807) is 29.2 Å². The number of rotatable bonds is 8. The lowest BCUT2D eigenvalue weighted by Gasteiger charge is -2.25. The molecule has 0 radical (unpaired) electrons. The average Bonchev–Trinajstić information content (AvgIpc) is 3.41. The average molecular weight is 523 g/mol. The number of hydrogen-bond acceptors (Lipinski definition) is 7. The van der Waals surface area contributed by atoms with E-state index in [1.807, 2.05) is 20.8 Å². The third-order valence-electron chi connectivity index (χ3n) is 6.32. The summed E-state index contributed by atoms with van der Waals surface area (Å²) in [6.07, 6.45) is 3.36. The van der Waals surface area contributed by atoms with Crippen LogP contribution in [0.4, 0.5) is 9.18 Å². The van der Waals surface area contributed by atoms with E-state index in [9.17, 15) is 22.4 Å². The van der Waals surface area contributed by atoms with Crippen molar-refractivity contribution in [2.45, 2.75) is 74.5 Å². The number of ether oxygens (including phenoxy) is 1. The summed E-state index contributed by atoms with van der Waals surface area (Å²) in [5.41, 5.74) is 0.136. The second kappa shape index (κ2) is 9.97. The maximum Gasteiger partial charge on any atom is 0.410 e. The Morgan fingerprint density at radius 2 is 1.89 bits per heavy atom. The molecule has 0 spiro atoms. The summed E-state index contributed by atoms with van der Waals surface area (Å²) in [6.45, 7) is 6.50. The first kappa shape index (κ1) is 25.8. The highest BCUT2D eigenvalue weighted by molar-refractivity contribution is 7.92. The quantitative estimate of drug-likeness (QED) is 0.496. The Kier molecular flexibility index (Phi) is 7.33. The van der Waals surface area contributed by atoms with E-state index in [0.29, 0.717) is 37.4 Å². The van der Waals surface area contributed by atoms with Gasteiger partial charge in [0.1, 0.15) is 16.4 Å². The molecule has 1 saturated carbocycles. The molecule has 10 heteroatoms. The van der Waals surface area contributed by atoms with Gasteiger partial charge in [0.05, 0.1) is 22.8 Å². The Labute approximate surface area is 209 Å². The Morgan fingerprint density at radius 3 is 2.46 bits per heavy atom. The Morgan fingerprint density at radius 1 is 1.20 bits per heavy atom. The molecule has 0 unspecified atom stereocenters. The van der Waals surface area contributed by atoms with Crippen molar-refractivity contribution in [1.29, 1.82) is 0 Å². The van der Waals surface area contributed by atoms with Crippen molar-refractivity contribution in [3.8, 4) is 0 Å². The van der Waals surface area contributed by atoms with Gasteiger partial charge in [-0.05, 0) is 70.1 Å². The first-order valence-corrected chi connectivity index (χ1v) is 14.2. The molecule has 4 rings (SSSR count). The lowest BCUT2D eigenvalue weighted by atomic mass is 9.84. The first-order valence-electron chi connectivity index (χ1n) is 11.9. The summed E-state index contributed by atoms with van der Waals surface area (Å²) in [5, 5.41) is -0.335. The molecular weight excluding hydrogens is 491 g/mol. The number of halogens is 1. The molecule has 7 nitrogen and oxygen atoms in total. The van der Waals surface area contributed by atoms with Crippen LogP contribution in [-0.4, -0.2) is 54.1 Å². The van der Waals surface area contributed by atoms with Crippen LogP contribution in [0.25, 0.3) is 0 Å². The molecule has 2 aromatic rings. The van der Waals surface area contributed by atoms with Crippen molar-refractivity contribution in [2.24, 2.45) is 5.92 Å². The van der Waals surface area contributed by atoms with Crippen molar-refractivity contribution in [2.75, 3.05) is 13.1 Å². The van der Waals surface area contributed by atoms with Gasteiger partial charge in [-0.15, -0.1) is 0 Å². The highest BCUT2D eigenvalue weighted by Gasteiger charge is 2.37. The Hall–Kier alpha value is -2.33. The highest BCUT2D eigenvalue weighted by atomic mass is 32.2.